The van der Waals surface area contributed by atoms with Crippen molar-refractivity contribution in [1.29, 1.82) is 0 Å². The number of hydrogen-bond donors (Lipinski definition) is 0. The summed E-state index contributed by atoms with van der Waals surface area (Å²) in [5.74, 6) is -4.29. The van der Waals surface area contributed by atoms with Gasteiger partial charge in [0.1, 0.15) is 5.92 Å². The molecule has 4 nitrogen and oxygen atoms in total. The van der Waals surface area contributed by atoms with Crippen LogP contribution in [-0.4, -0.2) is 24.2 Å². The quantitative estimate of drug-likeness (QED) is 0.754. The van der Waals surface area contributed by atoms with Crippen LogP contribution in [0.3, 0.4) is 0 Å². The number of amides is 1. The lowest BCUT2D eigenvalue weighted by Crippen LogP contribution is -2.36. The van der Waals surface area contributed by atoms with E-state index in [-0.39, 0.29) is 12.0 Å². The normalized spacial score (nSPS) is 24.3. The molecule has 2 atom stereocenters. The molecule has 1 aliphatic carbocycles. The number of ether oxygens (including phenoxy) is 1. The fourth-order valence-corrected chi connectivity index (χ4v) is 3.98. The average Bonchev–Trinajstić information content (AvgIpc) is 2.62. The molecule has 0 saturated heterocycles. The van der Waals surface area contributed by atoms with Crippen LogP contribution in [0.15, 0.2) is 23.2 Å². The molecule has 1 saturated carbocycles. The number of rotatable bonds is 4. The first kappa shape index (κ1) is 18.7. The van der Waals surface area contributed by atoms with Crippen LogP contribution in [0.25, 0.3) is 0 Å². The lowest BCUT2D eigenvalue weighted by atomic mass is 9.78. The van der Waals surface area contributed by atoms with Crippen LogP contribution in [0.5, 0.6) is 0 Å². The molecule has 0 aromatic heterocycles. The van der Waals surface area contributed by atoms with Crippen LogP contribution in [-0.2, 0) is 14.3 Å². The van der Waals surface area contributed by atoms with Gasteiger partial charge in [-0.05, 0) is 37.3 Å². The molecule has 1 aliphatic heterocycles. The van der Waals surface area contributed by atoms with E-state index in [9.17, 15) is 18.4 Å². The fraction of sp³-hybridized carbons (Fsp3) is 0.550. The molecule has 6 heteroatoms. The lowest BCUT2D eigenvalue weighted by Gasteiger charge is -2.29. The standard InChI is InChI=1S/C20H23F2NO3/c1-12-18(20(25)26-11-13-6-3-2-4-7-13)15(10-17(24)23-12)14-8-5-9-16(21)19(14)22/h5,8-9,13,15,18H,2-4,6-7,10-11H2,1H3. The molecule has 0 spiro atoms. The number of carbonyl (C=O) groups excluding carboxylic acids is 2. The lowest BCUT2D eigenvalue weighted by molar-refractivity contribution is -0.148. The molecule has 0 bridgehead atoms. The molecular weight excluding hydrogens is 340 g/mol. The van der Waals surface area contributed by atoms with Gasteiger partial charge in [-0.15, -0.1) is 0 Å². The van der Waals surface area contributed by atoms with E-state index >= 15 is 0 Å². The smallest absolute Gasteiger partial charge is 0.315 e. The summed E-state index contributed by atoms with van der Waals surface area (Å²) in [6, 6.07) is 3.81. The SMILES string of the molecule is CC1=NC(=O)CC(c2cccc(F)c2F)C1C(=O)OCC1CCCCC1. The Morgan fingerprint density at radius 1 is 1.23 bits per heavy atom. The molecule has 2 aliphatic rings. The first-order valence-electron chi connectivity index (χ1n) is 9.16. The molecule has 1 heterocycles. The van der Waals surface area contributed by atoms with Gasteiger partial charge in [0.25, 0.3) is 0 Å². The zero-order valence-corrected chi connectivity index (χ0v) is 14.8. The van der Waals surface area contributed by atoms with Gasteiger partial charge in [-0.3, -0.25) is 9.59 Å². The Morgan fingerprint density at radius 3 is 2.69 bits per heavy atom. The molecule has 1 fully saturated rings. The summed E-state index contributed by atoms with van der Waals surface area (Å²) in [5, 5.41) is 0. The van der Waals surface area contributed by atoms with E-state index in [0.717, 1.165) is 31.7 Å². The summed E-state index contributed by atoms with van der Waals surface area (Å²) >= 11 is 0. The Kier molecular flexibility index (Phi) is 5.79. The summed E-state index contributed by atoms with van der Waals surface area (Å²) in [4.78, 5) is 28.4. The molecule has 3 rings (SSSR count). The topological polar surface area (TPSA) is 55.7 Å². The molecular formula is C20H23F2NO3. The maximum Gasteiger partial charge on any atom is 0.315 e. The van der Waals surface area contributed by atoms with Gasteiger partial charge in [0.15, 0.2) is 11.6 Å². The van der Waals surface area contributed by atoms with Crippen molar-refractivity contribution in [1.82, 2.24) is 0 Å². The number of carbonyl (C=O) groups is 2. The number of esters is 1. The summed E-state index contributed by atoms with van der Waals surface area (Å²) in [6.07, 6.45) is 5.41. The van der Waals surface area contributed by atoms with Crippen LogP contribution < -0.4 is 0 Å². The Morgan fingerprint density at radius 2 is 1.96 bits per heavy atom. The second-order valence-electron chi connectivity index (χ2n) is 7.21. The van der Waals surface area contributed by atoms with Crippen molar-refractivity contribution in [2.75, 3.05) is 6.61 Å². The summed E-state index contributed by atoms with van der Waals surface area (Å²) in [5.41, 5.74) is 0.316. The van der Waals surface area contributed by atoms with Gasteiger partial charge in [-0.2, -0.15) is 0 Å². The minimum absolute atomic E-state index is 0.0206. The van der Waals surface area contributed by atoms with E-state index in [1.165, 1.54) is 18.6 Å². The molecule has 0 radical (unpaired) electrons. The Labute approximate surface area is 151 Å². The van der Waals surface area contributed by atoms with Crippen molar-refractivity contribution in [3.05, 3.63) is 35.4 Å². The molecule has 1 amide bonds. The van der Waals surface area contributed by atoms with E-state index in [1.54, 1.807) is 6.92 Å². The maximum atomic E-state index is 14.3. The third-order valence-corrected chi connectivity index (χ3v) is 5.37. The number of aliphatic imine (C=N–C) groups is 1. The Balaban J connectivity index is 1.80. The van der Waals surface area contributed by atoms with Gasteiger partial charge in [0.2, 0.25) is 5.91 Å². The molecule has 140 valence electrons. The average molecular weight is 363 g/mol. The molecule has 26 heavy (non-hydrogen) atoms. The highest BCUT2D eigenvalue weighted by Crippen LogP contribution is 2.36. The Hall–Kier alpha value is -2.11. The highest BCUT2D eigenvalue weighted by atomic mass is 19.2. The largest absolute Gasteiger partial charge is 0.465 e. The predicted octanol–water partition coefficient (Wildman–Crippen LogP) is 4.18. The third-order valence-electron chi connectivity index (χ3n) is 5.37. The molecule has 1 aromatic rings. The second-order valence-corrected chi connectivity index (χ2v) is 7.21. The highest BCUT2D eigenvalue weighted by molar-refractivity contribution is 6.08. The zero-order chi connectivity index (χ0) is 18.7. The van der Waals surface area contributed by atoms with Crippen LogP contribution in [0.4, 0.5) is 8.78 Å². The van der Waals surface area contributed by atoms with Crippen molar-refractivity contribution in [3.63, 3.8) is 0 Å². The van der Waals surface area contributed by atoms with Crippen molar-refractivity contribution < 1.29 is 23.1 Å². The number of halogens is 2. The van der Waals surface area contributed by atoms with Crippen molar-refractivity contribution in [3.8, 4) is 0 Å². The number of benzene rings is 1. The second kappa shape index (κ2) is 8.06. The fourth-order valence-electron chi connectivity index (χ4n) is 3.98. The van der Waals surface area contributed by atoms with Crippen LogP contribution in [0.1, 0.15) is 56.9 Å². The van der Waals surface area contributed by atoms with Crippen molar-refractivity contribution in [2.45, 2.75) is 51.4 Å². The van der Waals surface area contributed by atoms with Gasteiger partial charge in [-0.1, -0.05) is 31.4 Å². The summed E-state index contributed by atoms with van der Waals surface area (Å²) in [6.45, 7) is 1.89. The predicted molar refractivity (Wildman–Crippen MR) is 92.9 cm³/mol. The minimum Gasteiger partial charge on any atom is -0.465 e. The van der Waals surface area contributed by atoms with E-state index in [2.05, 4.69) is 4.99 Å². The van der Waals surface area contributed by atoms with Gasteiger partial charge in [0, 0.05) is 18.1 Å². The summed E-state index contributed by atoms with van der Waals surface area (Å²) < 4.78 is 33.4. The minimum atomic E-state index is -1.02. The first-order chi connectivity index (χ1) is 12.5. The maximum absolute atomic E-state index is 14.3. The summed E-state index contributed by atoms with van der Waals surface area (Å²) in [7, 11) is 0. The third kappa shape index (κ3) is 4.00. The van der Waals surface area contributed by atoms with Gasteiger partial charge >= 0.3 is 5.97 Å². The molecule has 2 unspecified atom stereocenters. The van der Waals surface area contributed by atoms with Crippen LogP contribution in [0.2, 0.25) is 0 Å². The van der Waals surface area contributed by atoms with Crippen LogP contribution >= 0.6 is 0 Å². The van der Waals surface area contributed by atoms with E-state index in [1.807, 2.05) is 0 Å². The van der Waals surface area contributed by atoms with Crippen molar-refractivity contribution >= 4 is 17.6 Å². The number of hydrogen-bond acceptors (Lipinski definition) is 3. The Bertz CT molecular complexity index is 726. The van der Waals surface area contributed by atoms with E-state index in [0.29, 0.717) is 18.2 Å². The zero-order valence-electron chi connectivity index (χ0n) is 14.8. The van der Waals surface area contributed by atoms with Gasteiger partial charge in [0.05, 0.1) is 6.61 Å². The van der Waals surface area contributed by atoms with Crippen molar-refractivity contribution in [2.24, 2.45) is 16.8 Å². The van der Waals surface area contributed by atoms with Crippen LogP contribution in [0, 0.1) is 23.5 Å². The van der Waals surface area contributed by atoms with Gasteiger partial charge < -0.3 is 4.74 Å². The first-order valence-corrected chi connectivity index (χ1v) is 9.16. The monoisotopic (exact) mass is 363 g/mol. The highest BCUT2D eigenvalue weighted by Gasteiger charge is 2.40. The molecule has 0 N–H and O–H groups in total. The number of nitrogens with zero attached hydrogens (tertiary/aromatic N) is 1. The van der Waals surface area contributed by atoms with E-state index in [4.69, 9.17) is 4.74 Å². The van der Waals surface area contributed by atoms with E-state index < -0.39 is 35.3 Å². The van der Waals surface area contributed by atoms with Gasteiger partial charge in [-0.25, -0.2) is 13.8 Å². The molecule has 1 aromatic carbocycles.